The van der Waals surface area contributed by atoms with E-state index in [4.69, 9.17) is 23.2 Å². The first-order valence-electron chi connectivity index (χ1n) is 9.75. The average Bonchev–Trinajstić information content (AvgIpc) is 3.11. The molecule has 1 aliphatic carbocycles. The van der Waals surface area contributed by atoms with Crippen molar-refractivity contribution in [3.05, 3.63) is 69.7 Å². The van der Waals surface area contributed by atoms with Crippen molar-refractivity contribution in [3.8, 4) is 0 Å². The van der Waals surface area contributed by atoms with Crippen LogP contribution in [0.4, 0.5) is 11.4 Å². The molecule has 2 aromatic carbocycles. The maximum atomic E-state index is 12.2. The Hall–Kier alpha value is -1.97. The van der Waals surface area contributed by atoms with Gasteiger partial charge in [0.25, 0.3) is 0 Å². The van der Waals surface area contributed by atoms with Crippen LogP contribution in [0.15, 0.2) is 48.6 Å². The fraction of sp³-hybridized carbons (Fsp3) is 0.348. The second-order valence-electron chi connectivity index (χ2n) is 8.06. The molecule has 0 fully saturated rings. The Morgan fingerprint density at radius 2 is 1.96 bits per heavy atom. The molecule has 0 saturated carbocycles. The predicted octanol–water partition coefficient (Wildman–Crippen LogP) is 6.80. The summed E-state index contributed by atoms with van der Waals surface area (Å²) < 4.78 is 0. The van der Waals surface area contributed by atoms with Gasteiger partial charge >= 0.3 is 0 Å². The van der Waals surface area contributed by atoms with E-state index in [2.05, 4.69) is 28.9 Å². The molecule has 3 atom stereocenters. The van der Waals surface area contributed by atoms with Crippen molar-refractivity contribution < 1.29 is 4.79 Å². The summed E-state index contributed by atoms with van der Waals surface area (Å²) in [5.74, 6) is 1.00. The van der Waals surface area contributed by atoms with Gasteiger partial charge in [-0.05, 0) is 54.2 Å². The summed E-state index contributed by atoms with van der Waals surface area (Å²) in [6.45, 7) is 4.09. The molecule has 3 unspecified atom stereocenters. The molecular formula is C23H24Cl2N2O. The van der Waals surface area contributed by atoms with Crippen LogP contribution in [0.25, 0.3) is 0 Å². The quantitative estimate of drug-likeness (QED) is 0.539. The smallest absolute Gasteiger partial charge is 0.224 e. The number of carbonyl (C=O) groups is 1. The number of anilines is 2. The monoisotopic (exact) mass is 414 g/mol. The molecule has 2 aliphatic rings. The number of nitrogens with one attached hydrogen (secondary N) is 2. The molecule has 28 heavy (non-hydrogen) atoms. The maximum Gasteiger partial charge on any atom is 0.224 e. The summed E-state index contributed by atoms with van der Waals surface area (Å²) in [5, 5.41) is 8.07. The normalized spacial score (nSPS) is 22.5. The standard InChI is InChI=1S/C23H24Cl2N2O/c1-13(2)11-21(28)26-14-9-10-20-17(12-14)15-5-3-6-16(15)23(27-20)22-18(24)7-4-8-19(22)25/h3-5,7-10,12-13,15-16,23,27H,6,11H2,1-2H3,(H,26,28). The largest absolute Gasteiger partial charge is 0.378 e. The lowest BCUT2D eigenvalue weighted by Crippen LogP contribution is -2.29. The van der Waals surface area contributed by atoms with Crippen LogP contribution in [-0.2, 0) is 4.79 Å². The molecule has 4 rings (SSSR count). The molecule has 1 aliphatic heterocycles. The van der Waals surface area contributed by atoms with Crippen molar-refractivity contribution >= 4 is 40.5 Å². The van der Waals surface area contributed by atoms with E-state index in [0.29, 0.717) is 28.3 Å². The van der Waals surface area contributed by atoms with Gasteiger partial charge in [-0.2, -0.15) is 0 Å². The summed E-state index contributed by atoms with van der Waals surface area (Å²) in [6.07, 6.45) is 5.98. The van der Waals surface area contributed by atoms with Crippen molar-refractivity contribution in [1.82, 2.24) is 0 Å². The van der Waals surface area contributed by atoms with Gasteiger partial charge in [-0.1, -0.05) is 55.3 Å². The first kappa shape index (κ1) is 19.4. The average molecular weight is 415 g/mol. The van der Waals surface area contributed by atoms with Crippen LogP contribution in [0, 0.1) is 11.8 Å². The Kier molecular flexibility index (Phi) is 5.39. The highest BCUT2D eigenvalue weighted by Gasteiger charge is 2.39. The van der Waals surface area contributed by atoms with Gasteiger partial charge in [0, 0.05) is 39.3 Å². The number of allylic oxidation sites excluding steroid dienone is 2. The first-order valence-corrected chi connectivity index (χ1v) is 10.5. The number of amides is 1. The minimum absolute atomic E-state index is 0.0510. The van der Waals surface area contributed by atoms with Crippen molar-refractivity contribution in [2.75, 3.05) is 10.6 Å². The van der Waals surface area contributed by atoms with Crippen LogP contribution in [0.3, 0.4) is 0 Å². The van der Waals surface area contributed by atoms with E-state index < -0.39 is 0 Å². The first-order chi connectivity index (χ1) is 13.4. The Balaban J connectivity index is 1.66. The van der Waals surface area contributed by atoms with E-state index >= 15 is 0 Å². The summed E-state index contributed by atoms with van der Waals surface area (Å²) in [5.41, 5.74) is 4.08. The minimum atomic E-state index is 0.0510. The highest BCUT2D eigenvalue weighted by molar-refractivity contribution is 6.36. The van der Waals surface area contributed by atoms with Crippen LogP contribution < -0.4 is 10.6 Å². The highest BCUT2D eigenvalue weighted by Crippen LogP contribution is 2.52. The third kappa shape index (κ3) is 3.66. The van der Waals surface area contributed by atoms with Crippen molar-refractivity contribution in [3.63, 3.8) is 0 Å². The van der Waals surface area contributed by atoms with E-state index in [9.17, 15) is 4.79 Å². The molecule has 0 saturated heterocycles. The SMILES string of the molecule is CC(C)CC(=O)Nc1ccc2c(c1)C1C=CCC1C(c1c(Cl)cccc1Cl)N2. The summed E-state index contributed by atoms with van der Waals surface area (Å²) >= 11 is 13.0. The van der Waals surface area contributed by atoms with E-state index in [1.165, 1.54) is 5.56 Å². The molecule has 0 bridgehead atoms. The number of fused-ring (bicyclic) bond motifs is 3. The third-order valence-electron chi connectivity index (χ3n) is 5.55. The molecule has 0 spiro atoms. The van der Waals surface area contributed by atoms with Gasteiger partial charge in [-0.15, -0.1) is 0 Å². The topological polar surface area (TPSA) is 41.1 Å². The number of rotatable bonds is 4. The van der Waals surface area contributed by atoms with Crippen LogP contribution in [0.5, 0.6) is 0 Å². The molecular weight excluding hydrogens is 391 g/mol. The number of benzene rings is 2. The third-order valence-corrected chi connectivity index (χ3v) is 6.21. The van der Waals surface area contributed by atoms with E-state index in [-0.39, 0.29) is 17.9 Å². The van der Waals surface area contributed by atoms with Crippen LogP contribution >= 0.6 is 23.2 Å². The minimum Gasteiger partial charge on any atom is -0.378 e. The Morgan fingerprint density at radius 3 is 2.68 bits per heavy atom. The molecule has 1 heterocycles. The zero-order chi connectivity index (χ0) is 19.8. The van der Waals surface area contributed by atoms with Crippen LogP contribution in [-0.4, -0.2) is 5.91 Å². The second-order valence-corrected chi connectivity index (χ2v) is 8.87. The Bertz CT molecular complexity index is 918. The fourth-order valence-corrected chi connectivity index (χ4v) is 4.98. The summed E-state index contributed by atoms with van der Waals surface area (Å²) in [6, 6.07) is 11.8. The maximum absolute atomic E-state index is 12.2. The lowest BCUT2D eigenvalue weighted by atomic mass is 9.77. The second kappa shape index (κ2) is 7.81. The van der Waals surface area contributed by atoms with Crippen molar-refractivity contribution in [1.29, 1.82) is 0 Å². The van der Waals surface area contributed by atoms with Gasteiger partial charge in [0.15, 0.2) is 0 Å². The molecule has 2 N–H and O–H groups in total. The molecule has 0 aromatic heterocycles. The molecule has 1 amide bonds. The van der Waals surface area contributed by atoms with E-state index in [1.54, 1.807) is 0 Å². The molecule has 5 heteroatoms. The van der Waals surface area contributed by atoms with E-state index in [0.717, 1.165) is 23.4 Å². The van der Waals surface area contributed by atoms with Crippen molar-refractivity contribution in [2.45, 2.75) is 38.6 Å². The molecule has 2 aromatic rings. The number of hydrogen-bond donors (Lipinski definition) is 2. The predicted molar refractivity (Wildman–Crippen MR) is 117 cm³/mol. The Labute approximate surface area is 176 Å². The van der Waals surface area contributed by atoms with Gasteiger partial charge in [0.2, 0.25) is 5.91 Å². The van der Waals surface area contributed by atoms with Crippen molar-refractivity contribution in [2.24, 2.45) is 11.8 Å². The lowest BCUT2D eigenvalue weighted by molar-refractivity contribution is -0.116. The summed E-state index contributed by atoms with van der Waals surface area (Å²) in [4.78, 5) is 12.2. The zero-order valence-electron chi connectivity index (χ0n) is 16.0. The van der Waals surface area contributed by atoms with Gasteiger partial charge in [0.1, 0.15) is 0 Å². The molecule has 0 radical (unpaired) electrons. The van der Waals surface area contributed by atoms with E-state index in [1.807, 2.05) is 44.2 Å². The van der Waals surface area contributed by atoms with Gasteiger partial charge < -0.3 is 10.6 Å². The van der Waals surface area contributed by atoms with Gasteiger partial charge in [-0.3, -0.25) is 4.79 Å². The van der Waals surface area contributed by atoms with Gasteiger partial charge in [0.05, 0.1) is 6.04 Å². The fourth-order valence-electron chi connectivity index (χ4n) is 4.35. The molecule has 146 valence electrons. The van der Waals surface area contributed by atoms with Crippen LogP contribution in [0.1, 0.15) is 49.8 Å². The van der Waals surface area contributed by atoms with Crippen LogP contribution in [0.2, 0.25) is 10.0 Å². The number of hydrogen-bond acceptors (Lipinski definition) is 2. The number of halogens is 2. The lowest BCUT2D eigenvalue weighted by Gasteiger charge is -2.38. The summed E-state index contributed by atoms with van der Waals surface area (Å²) in [7, 11) is 0. The highest BCUT2D eigenvalue weighted by atomic mass is 35.5. The number of carbonyl (C=O) groups excluding carboxylic acids is 1. The molecule has 3 nitrogen and oxygen atoms in total. The Morgan fingerprint density at radius 1 is 1.21 bits per heavy atom. The van der Waals surface area contributed by atoms with Gasteiger partial charge in [-0.25, -0.2) is 0 Å². The zero-order valence-corrected chi connectivity index (χ0v) is 17.5.